The van der Waals surface area contributed by atoms with E-state index in [0.717, 1.165) is 22.6 Å². The number of nitrogens with zero attached hydrogens (tertiary/aromatic N) is 3. The van der Waals surface area contributed by atoms with Gasteiger partial charge in [-0.3, -0.25) is 9.59 Å². The van der Waals surface area contributed by atoms with Crippen molar-refractivity contribution in [2.24, 2.45) is 0 Å². The molecular weight excluding hydrogens is 368 g/mol. The van der Waals surface area contributed by atoms with Gasteiger partial charge in [-0.1, -0.05) is 12.1 Å². The lowest BCUT2D eigenvalue weighted by Crippen LogP contribution is -2.34. The molecule has 0 saturated carbocycles. The Morgan fingerprint density at radius 2 is 1.93 bits per heavy atom. The third-order valence-corrected chi connectivity index (χ3v) is 4.69. The number of pyridine rings is 1. The SMILES string of the molecule is COCCn1cccc(C(=O)NCCc2ccc(-n3nc(C)cc3C)cc2)c1=O. The number of aromatic nitrogens is 3. The summed E-state index contributed by atoms with van der Waals surface area (Å²) in [7, 11) is 1.57. The van der Waals surface area contributed by atoms with Crippen LogP contribution in [0.1, 0.15) is 27.3 Å². The van der Waals surface area contributed by atoms with Crippen molar-refractivity contribution in [2.45, 2.75) is 26.8 Å². The van der Waals surface area contributed by atoms with Gasteiger partial charge in [0.1, 0.15) is 5.56 Å². The highest BCUT2D eigenvalue weighted by atomic mass is 16.5. The molecule has 2 heterocycles. The molecule has 3 rings (SSSR count). The number of methoxy groups -OCH3 is 1. The van der Waals surface area contributed by atoms with Gasteiger partial charge in [0, 0.05) is 32.1 Å². The van der Waals surface area contributed by atoms with E-state index in [4.69, 9.17) is 4.74 Å². The summed E-state index contributed by atoms with van der Waals surface area (Å²) in [6.07, 6.45) is 2.33. The van der Waals surface area contributed by atoms with Crippen LogP contribution < -0.4 is 10.9 Å². The van der Waals surface area contributed by atoms with Gasteiger partial charge < -0.3 is 14.6 Å². The Hall–Kier alpha value is -3.19. The summed E-state index contributed by atoms with van der Waals surface area (Å²) >= 11 is 0. The lowest BCUT2D eigenvalue weighted by Gasteiger charge is -2.09. The largest absolute Gasteiger partial charge is 0.383 e. The fraction of sp³-hybridized carbons (Fsp3) is 0.318. The Morgan fingerprint density at radius 1 is 1.17 bits per heavy atom. The highest BCUT2D eigenvalue weighted by Gasteiger charge is 2.11. The molecule has 1 amide bonds. The molecule has 3 aromatic rings. The molecule has 7 heteroatoms. The van der Waals surface area contributed by atoms with E-state index in [-0.39, 0.29) is 17.0 Å². The van der Waals surface area contributed by atoms with Crippen molar-refractivity contribution in [3.05, 3.63) is 81.5 Å². The molecule has 1 N–H and O–H groups in total. The van der Waals surface area contributed by atoms with E-state index in [1.807, 2.05) is 48.9 Å². The van der Waals surface area contributed by atoms with E-state index in [9.17, 15) is 9.59 Å². The number of carbonyl (C=O) groups excluding carboxylic acids is 1. The van der Waals surface area contributed by atoms with Crippen molar-refractivity contribution in [1.82, 2.24) is 19.7 Å². The van der Waals surface area contributed by atoms with Gasteiger partial charge >= 0.3 is 0 Å². The molecule has 2 aromatic heterocycles. The Kier molecular flexibility index (Phi) is 6.61. The van der Waals surface area contributed by atoms with Crippen LogP contribution in [0.5, 0.6) is 0 Å². The van der Waals surface area contributed by atoms with Crippen molar-refractivity contribution >= 4 is 5.91 Å². The Morgan fingerprint density at radius 3 is 2.59 bits per heavy atom. The van der Waals surface area contributed by atoms with Gasteiger partial charge in [-0.15, -0.1) is 0 Å². The number of ether oxygens (including phenoxy) is 1. The Labute approximate surface area is 169 Å². The molecule has 0 aliphatic heterocycles. The van der Waals surface area contributed by atoms with Crippen LogP contribution in [0, 0.1) is 13.8 Å². The standard InChI is InChI=1S/C22H26N4O3/c1-16-15-17(2)26(24-16)19-8-6-18(7-9-19)10-11-23-21(27)20-5-4-12-25(22(20)28)13-14-29-3/h4-9,12,15H,10-11,13-14H2,1-3H3,(H,23,27). The lowest BCUT2D eigenvalue weighted by molar-refractivity contribution is 0.0951. The van der Waals surface area contributed by atoms with E-state index in [2.05, 4.69) is 10.4 Å². The minimum Gasteiger partial charge on any atom is -0.383 e. The molecule has 29 heavy (non-hydrogen) atoms. The number of benzene rings is 1. The predicted molar refractivity (Wildman–Crippen MR) is 112 cm³/mol. The van der Waals surface area contributed by atoms with Crippen LogP contribution in [0.15, 0.2) is 53.5 Å². The van der Waals surface area contributed by atoms with Gasteiger partial charge in [-0.05, 0) is 56.2 Å². The van der Waals surface area contributed by atoms with E-state index in [1.165, 1.54) is 4.57 Å². The maximum Gasteiger partial charge on any atom is 0.263 e. The number of amides is 1. The van der Waals surface area contributed by atoms with E-state index in [0.29, 0.717) is 26.1 Å². The summed E-state index contributed by atoms with van der Waals surface area (Å²) < 4.78 is 8.38. The summed E-state index contributed by atoms with van der Waals surface area (Å²) in [5, 5.41) is 7.31. The summed E-state index contributed by atoms with van der Waals surface area (Å²) in [5.74, 6) is -0.360. The third-order valence-electron chi connectivity index (χ3n) is 4.69. The number of nitrogens with one attached hydrogen (secondary N) is 1. The topological polar surface area (TPSA) is 78.2 Å². The molecule has 7 nitrogen and oxygen atoms in total. The second-order valence-electron chi connectivity index (χ2n) is 6.92. The molecule has 0 bridgehead atoms. The average molecular weight is 394 g/mol. The molecule has 0 aliphatic carbocycles. The first-order valence-electron chi connectivity index (χ1n) is 9.59. The number of carbonyl (C=O) groups is 1. The van der Waals surface area contributed by atoms with Crippen LogP contribution in [0.2, 0.25) is 0 Å². The first-order valence-corrected chi connectivity index (χ1v) is 9.59. The minimum absolute atomic E-state index is 0.142. The van der Waals surface area contributed by atoms with Gasteiger partial charge in [-0.2, -0.15) is 5.10 Å². The van der Waals surface area contributed by atoms with Crippen LogP contribution in [0.25, 0.3) is 5.69 Å². The number of rotatable bonds is 8. The third kappa shape index (κ3) is 5.00. The number of aryl methyl sites for hydroxylation is 2. The smallest absolute Gasteiger partial charge is 0.263 e. The molecule has 0 atom stereocenters. The Balaban J connectivity index is 1.58. The quantitative estimate of drug-likeness (QED) is 0.636. The summed E-state index contributed by atoms with van der Waals surface area (Å²) in [6.45, 7) is 5.27. The van der Waals surface area contributed by atoms with E-state index < -0.39 is 0 Å². The molecule has 0 fully saturated rings. The van der Waals surface area contributed by atoms with Gasteiger partial charge in [0.2, 0.25) is 0 Å². The second-order valence-corrected chi connectivity index (χ2v) is 6.92. The zero-order valence-corrected chi connectivity index (χ0v) is 17.0. The molecule has 0 spiro atoms. The first-order chi connectivity index (χ1) is 14.0. The Bertz CT molecular complexity index is 1030. The second kappa shape index (κ2) is 9.34. The van der Waals surface area contributed by atoms with Crippen LogP contribution in [0.4, 0.5) is 0 Å². The molecular formula is C22H26N4O3. The highest BCUT2D eigenvalue weighted by molar-refractivity contribution is 5.93. The van der Waals surface area contributed by atoms with Crippen molar-refractivity contribution in [2.75, 3.05) is 20.3 Å². The predicted octanol–water partition coefficient (Wildman–Crippen LogP) is 2.27. The zero-order chi connectivity index (χ0) is 20.8. The fourth-order valence-corrected chi connectivity index (χ4v) is 3.19. The summed E-state index contributed by atoms with van der Waals surface area (Å²) in [5.41, 5.74) is 4.00. The van der Waals surface area contributed by atoms with Crippen molar-refractivity contribution in [3.8, 4) is 5.69 Å². The monoisotopic (exact) mass is 394 g/mol. The fourth-order valence-electron chi connectivity index (χ4n) is 3.19. The average Bonchev–Trinajstić information content (AvgIpc) is 3.05. The minimum atomic E-state index is -0.360. The van der Waals surface area contributed by atoms with Crippen LogP contribution in [0.3, 0.4) is 0 Å². The van der Waals surface area contributed by atoms with E-state index >= 15 is 0 Å². The van der Waals surface area contributed by atoms with Crippen LogP contribution in [-0.2, 0) is 17.7 Å². The summed E-state index contributed by atoms with van der Waals surface area (Å²) in [4.78, 5) is 24.8. The normalized spacial score (nSPS) is 10.9. The van der Waals surface area contributed by atoms with Crippen molar-refractivity contribution in [1.29, 1.82) is 0 Å². The molecule has 0 aliphatic rings. The number of hydrogen-bond acceptors (Lipinski definition) is 4. The van der Waals surface area contributed by atoms with Gasteiger partial charge in [0.05, 0.1) is 18.0 Å². The van der Waals surface area contributed by atoms with Gasteiger partial charge in [0.25, 0.3) is 11.5 Å². The van der Waals surface area contributed by atoms with Gasteiger partial charge in [0.15, 0.2) is 0 Å². The maximum atomic E-state index is 12.4. The van der Waals surface area contributed by atoms with Crippen molar-refractivity contribution < 1.29 is 9.53 Å². The maximum absolute atomic E-state index is 12.4. The summed E-state index contributed by atoms with van der Waals surface area (Å²) in [6, 6.07) is 13.4. The molecule has 0 radical (unpaired) electrons. The van der Waals surface area contributed by atoms with Crippen LogP contribution >= 0.6 is 0 Å². The zero-order valence-electron chi connectivity index (χ0n) is 17.0. The van der Waals surface area contributed by atoms with Crippen LogP contribution in [-0.4, -0.2) is 40.5 Å². The number of hydrogen-bond donors (Lipinski definition) is 1. The van der Waals surface area contributed by atoms with E-state index in [1.54, 1.807) is 25.4 Å². The highest BCUT2D eigenvalue weighted by Crippen LogP contribution is 2.13. The molecule has 1 aromatic carbocycles. The van der Waals surface area contributed by atoms with Crippen molar-refractivity contribution in [3.63, 3.8) is 0 Å². The lowest BCUT2D eigenvalue weighted by atomic mass is 10.1. The molecule has 0 unspecified atom stereocenters. The van der Waals surface area contributed by atoms with Gasteiger partial charge in [-0.25, -0.2) is 4.68 Å². The first kappa shape index (κ1) is 20.5. The molecule has 0 saturated heterocycles. The molecule has 152 valence electrons.